The van der Waals surface area contributed by atoms with Gasteiger partial charge in [-0.25, -0.2) is 9.37 Å². The molecule has 23 heavy (non-hydrogen) atoms. The minimum atomic E-state index is -0.347. The Bertz CT molecular complexity index is 771. The second kappa shape index (κ2) is 6.93. The number of oxazole rings is 1. The van der Waals surface area contributed by atoms with Crippen LogP contribution in [0.3, 0.4) is 0 Å². The summed E-state index contributed by atoms with van der Waals surface area (Å²) < 4.78 is 24.2. The quantitative estimate of drug-likeness (QED) is 0.679. The minimum Gasteiger partial charge on any atom is -0.494 e. The van der Waals surface area contributed by atoms with Crippen molar-refractivity contribution >= 4 is 11.3 Å². The molecule has 1 aromatic carbocycles. The van der Waals surface area contributed by atoms with Gasteiger partial charge in [0.1, 0.15) is 6.26 Å². The summed E-state index contributed by atoms with van der Waals surface area (Å²) in [4.78, 5) is 7.55. The molecule has 0 radical (unpaired) electrons. The molecule has 0 bridgehead atoms. The lowest BCUT2D eigenvalue weighted by molar-refractivity contribution is 0.313. The molecule has 0 saturated heterocycles. The Kier molecular flexibility index (Phi) is 4.73. The van der Waals surface area contributed by atoms with Gasteiger partial charge in [0.15, 0.2) is 11.6 Å². The molecular formula is C17H17FN2O2S. The number of thiophene rings is 1. The zero-order valence-corrected chi connectivity index (χ0v) is 13.8. The number of nitrogens with zero attached hydrogens (tertiary/aromatic N) is 2. The molecule has 0 aliphatic carbocycles. The molecule has 0 aliphatic heterocycles. The molecule has 3 aromatic rings. The fraction of sp³-hybridized carbons (Fsp3) is 0.235. The molecule has 0 spiro atoms. The van der Waals surface area contributed by atoms with Gasteiger partial charge in [0.25, 0.3) is 0 Å². The van der Waals surface area contributed by atoms with Gasteiger partial charge in [0.2, 0.25) is 5.89 Å². The van der Waals surface area contributed by atoms with E-state index >= 15 is 0 Å². The summed E-state index contributed by atoms with van der Waals surface area (Å²) in [6, 6.07) is 8.94. The average molecular weight is 332 g/mol. The summed E-state index contributed by atoms with van der Waals surface area (Å²) in [5.41, 5.74) is 1.73. The Morgan fingerprint density at radius 2 is 2.17 bits per heavy atom. The second-order valence-corrected chi connectivity index (χ2v) is 6.21. The Balaban J connectivity index is 1.63. The highest BCUT2D eigenvalue weighted by Gasteiger charge is 2.11. The molecule has 4 nitrogen and oxygen atoms in total. The summed E-state index contributed by atoms with van der Waals surface area (Å²) in [5, 5.41) is 1.99. The van der Waals surface area contributed by atoms with Crippen molar-refractivity contribution in [3.63, 3.8) is 0 Å². The van der Waals surface area contributed by atoms with Crippen LogP contribution in [0.15, 0.2) is 46.4 Å². The van der Waals surface area contributed by atoms with Crippen molar-refractivity contribution in [2.75, 3.05) is 14.2 Å². The first-order chi connectivity index (χ1) is 11.2. The molecule has 0 aliphatic rings. The molecule has 3 rings (SSSR count). The van der Waals surface area contributed by atoms with E-state index < -0.39 is 0 Å². The van der Waals surface area contributed by atoms with Crippen LogP contribution in [0.4, 0.5) is 4.39 Å². The Labute approximate surface area is 138 Å². The van der Waals surface area contributed by atoms with Crippen molar-refractivity contribution in [1.29, 1.82) is 0 Å². The van der Waals surface area contributed by atoms with Crippen LogP contribution in [0.2, 0.25) is 0 Å². The first kappa shape index (κ1) is 15.7. The number of rotatable bonds is 6. The van der Waals surface area contributed by atoms with Gasteiger partial charge in [-0.3, -0.25) is 4.90 Å². The van der Waals surface area contributed by atoms with Crippen LogP contribution in [-0.2, 0) is 13.1 Å². The maximum Gasteiger partial charge on any atom is 0.236 e. The fourth-order valence-corrected chi connectivity index (χ4v) is 3.00. The summed E-state index contributed by atoms with van der Waals surface area (Å²) in [7, 11) is 3.42. The molecular weight excluding hydrogens is 315 g/mol. The molecule has 2 aromatic heterocycles. The SMILES string of the molecule is COc1ccc(CN(C)Cc2coc(-c3cccs3)n2)cc1F. The van der Waals surface area contributed by atoms with Crippen LogP contribution in [0, 0.1) is 5.82 Å². The summed E-state index contributed by atoms with van der Waals surface area (Å²) in [6.07, 6.45) is 1.67. The van der Waals surface area contributed by atoms with E-state index in [1.54, 1.807) is 23.7 Å². The number of hydrogen-bond donors (Lipinski definition) is 0. The Morgan fingerprint density at radius 3 is 2.87 bits per heavy atom. The molecule has 6 heteroatoms. The number of methoxy groups -OCH3 is 1. The molecule has 0 N–H and O–H groups in total. The standard InChI is InChI=1S/C17H17FN2O2S/c1-20(9-12-5-6-15(21-2)14(18)8-12)10-13-11-22-17(19-13)16-4-3-7-23-16/h3-8,11H,9-10H2,1-2H3. The van der Waals surface area contributed by atoms with Gasteiger partial charge in [-0.2, -0.15) is 0 Å². The van der Waals surface area contributed by atoms with Crippen LogP contribution in [0.25, 0.3) is 10.8 Å². The van der Waals surface area contributed by atoms with Crippen LogP contribution < -0.4 is 4.74 Å². The molecule has 0 unspecified atom stereocenters. The maximum absolute atomic E-state index is 13.7. The highest BCUT2D eigenvalue weighted by molar-refractivity contribution is 7.13. The van der Waals surface area contributed by atoms with Gasteiger partial charge in [-0.1, -0.05) is 12.1 Å². The van der Waals surface area contributed by atoms with Crippen molar-refractivity contribution in [1.82, 2.24) is 9.88 Å². The van der Waals surface area contributed by atoms with Gasteiger partial charge in [0.05, 0.1) is 17.7 Å². The van der Waals surface area contributed by atoms with Crippen LogP contribution >= 0.6 is 11.3 Å². The molecule has 0 atom stereocenters. The van der Waals surface area contributed by atoms with Gasteiger partial charge in [-0.15, -0.1) is 11.3 Å². The topological polar surface area (TPSA) is 38.5 Å². The van der Waals surface area contributed by atoms with E-state index in [4.69, 9.17) is 9.15 Å². The van der Waals surface area contributed by atoms with E-state index in [0.29, 0.717) is 19.0 Å². The second-order valence-electron chi connectivity index (χ2n) is 5.26. The number of benzene rings is 1. The highest BCUT2D eigenvalue weighted by Crippen LogP contribution is 2.24. The predicted molar refractivity (Wildman–Crippen MR) is 87.9 cm³/mol. The van der Waals surface area contributed by atoms with Crippen molar-refractivity contribution < 1.29 is 13.5 Å². The smallest absolute Gasteiger partial charge is 0.236 e. The normalized spacial score (nSPS) is 11.1. The van der Waals surface area contributed by atoms with Crippen molar-refractivity contribution in [2.45, 2.75) is 13.1 Å². The average Bonchev–Trinajstić information content (AvgIpc) is 3.18. The van der Waals surface area contributed by atoms with Gasteiger partial charge in [0, 0.05) is 13.1 Å². The lowest BCUT2D eigenvalue weighted by Crippen LogP contribution is -2.17. The Hall–Kier alpha value is -2.18. The zero-order chi connectivity index (χ0) is 16.2. The molecule has 0 fully saturated rings. The molecule has 0 saturated carbocycles. The third-order valence-electron chi connectivity index (χ3n) is 3.38. The van der Waals surface area contributed by atoms with Crippen LogP contribution in [-0.4, -0.2) is 24.0 Å². The molecule has 2 heterocycles. The van der Waals surface area contributed by atoms with Crippen molar-refractivity contribution in [2.24, 2.45) is 0 Å². The number of ether oxygens (including phenoxy) is 1. The predicted octanol–water partition coefficient (Wildman–Crippen LogP) is 4.18. The number of halogens is 1. The summed E-state index contributed by atoms with van der Waals surface area (Å²) in [6.45, 7) is 1.24. The minimum absolute atomic E-state index is 0.258. The van der Waals surface area contributed by atoms with E-state index in [0.717, 1.165) is 16.1 Å². The zero-order valence-electron chi connectivity index (χ0n) is 13.0. The number of hydrogen-bond acceptors (Lipinski definition) is 5. The number of aromatic nitrogens is 1. The monoisotopic (exact) mass is 332 g/mol. The van der Waals surface area contributed by atoms with E-state index in [2.05, 4.69) is 9.88 Å². The Morgan fingerprint density at radius 1 is 1.30 bits per heavy atom. The molecule has 0 amide bonds. The third-order valence-corrected chi connectivity index (χ3v) is 4.24. The van der Waals surface area contributed by atoms with Crippen molar-refractivity contribution in [3.8, 4) is 16.5 Å². The van der Waals surface area contributed by atoms with Crippen molar-refractivity contribution in [3.05, 3.63) is 59.0 Å². The largest absolute Gasteiger partial charge is 0.494 e. The molecule has 120 valence electrons. The van der Waals surface area contributed by atoms with Gasteiger partial charge < -0.3 is 9.15 Å². The highest BCUT2D eigenvalue weighted by atomic mass is 32.1. The first-order valence-electron chi connectivity index (χ1n) is 7.15. The fourth-order valence-electron chi connectivity index (χ4n) is 2.35. The van der Waals surface area contributed by atoms with Crippen LogP contribution in [0.5, 0.6) is 5.75 Å². The lowest BCUT2D eigenvalue weighted by Gasteiger charge is -2.15. The van der Waals surface area contributed by atoms with E-state index in [9.17, 15) is 4.39 Å². The lowest BCUT2D eigenvalue weighted by atomic mass is 10.2. The van der Waals surface area contributed by atoms with E-state index in [1.807, 2.05) is 30.6 Å². The summed E-state index contributed by atoms with van der Waals surface area (Å²) >= 11 is 1.59. The summed E-state index contributed by atoms with van der Waals surface area (Å²) in [5.74, 6) is 0.548. The van der Waals surface area contributed by atoms with Crippen LogP contribution in [0.1, 0.15) is 11.3 Å². The van der Waals surface area contributed by atoms with E-state index in [1.165, 1.54) is 13.2 Å². The third kappa shape index (κ3) is 3.78. The first-order valence-corrected chi connectivity index (χ1v) is 8.03. The van der Waals surface area contributed by atoms with Gasteiger partial charge in [-0.05, 0) is 36.2 Å². The van der Waals surface area contributed by atoms with E-state index in [-0.39, 0.29) is 11.6 Å². The van der Waals surface area contributed by atoms with Gasteiger partial charge >= 0.3 is 0 Å². The maximum atomic E-state index is 13.7.